The fourth-order valence-corrected chi connectivity index (χ4v) is 2.79. The molecule has 0 radical (unpaired) electrons. The van der Waals surface area contributed by atoms with E-state index in [1.54, 1.807) is 6.07 Å². The van der Waals surface area contributed by atoms with Gasteiger partial charge in [0.1, 0.15) is 11.4 Å². The van der Waals surface area contributed by atoms with Crippen LogP contribution in [0.5, 0.6) is 5.75 Å². The predicted octanol–water partition coefficient (Wildman–Crippen LogP) is 5.42. The molecule has 0 aliphatic heterocycles. The predicted molar refractivity (Wildman–Crippen MR) is 97.3 cm³/mol. The summed E-state index contributed by atoms with van der Waals surface area (Å²) in [4.78, 5) is 11.7. The van der Waals surface area contributed by atoms with Crippen molar-refractivity contribution in [3.8, 4) is 5.75 Å². The molecule has 130 valence electrons. The highest BCUT2D eigenvalue weighted by Gasteiger charge is 2.19. The highest BCUT2D eigenvalue weighted by molar-refractivity contribution is 9.10. The number of benzene rings is 1. The topological polar surface area (TPSA) is 47.6 Å². The summed E-state index contributed by atoms with van der Waals surface area (Å²) in [6.45, 7) is 10.1. The van der Waals surface area contributed by atoms with Gasteiger partial charge in [-0.2, -0.15) is 0 Å². The molecule has 4 nitrogen and oxygen atoms in total. The van der Waals surface area contributed by atoms with E-state index in [1.165, 1.54) is 0 Å². The Labute approximate surface area is 152 Å². The molecule has 2 atom stereocenters. The van der Waals surface area contributed by atoms with Crippen molar-refractivity contribution in [3.05, 3.63) is 27.7 Å². The normalized spacial score (nSPS) is 14.0. The molecule has 0 saturated carbocycles. The van der Waals surface area contributed by atoms with Gasteiger partial charge in [-0.1, -0.05) is 34.5 Å². The molecule has 0 aromatic heterocycles. The SMILES string of the molecule is CC(COc1ccc(Br)cc1Cl)CC(C)NC(=O)OC(C)(C)C. The van der Waals surface area contributed by atoms with Crippen molar-refractivity contribution >= 4 is 33.6 Å². The number of alkyl carbamates (subject to hydrolysis) is 1. The summed E-state index contributed by atoms with van der Waals surface area (Å²) >= 11 is 9.48. The molecule has 1 aromatic carbocycles. The number of hydrogen-bond acceptors (Lipinski definition) is 3. The van der Waals surface area contributed by atoms with Gasteiger partial charge in [0.05, 0.1) is 11.6 Å². The molecule has 23 heavy (non-hydrogen) atoms. The van der Waals surface area contributed by atoms with E-state index in [1.807, 2.05) is 39.8 Å². The third-order valence-corrected chi connectivity index (χ3v) is 3.72. The molecule has 1 amide bonds. The number of carbonyl (C=O) groups excluding carboxylic acids is 1. The van der Waals surface area contributed by atoms with Gasteiger partial charge in [0.25, 0.3) is 0 Å². The smallest absolute Gasteiger partial charge is 0.407 e. The van der Waals surface area contributed by atoms with E-state index in [2.05, 4.69) is 28.2 Å². The van der Waals surface area contributed by atoms with Crippen molar-refractivity contribution in [1.82, 2.24) is 5.32 Å². The highest BCUT2D eigenvalue weighted by atomic mass is 79.9. The maximum absolute atomic E-state index is 11.7. The van der Waals surface area contributed by atoms with Crippen LogP contribution in [0, 0.1) is 5.92 Å². The second kappa shape index (κ2) is 8.78. The minimum absolute atomic E-state index is 0.00356. The Morgan fingerprint density at radius 3 is 2.57 bits per heavy atom. The highest BCUT2D eigenvalue weighted by Crippen LogP contribution is 2.28. The van der Waals surface area contributed by atoms with Crippen molar-refractivity contribution < 1.29 is 14.3 Å². The third-order valence-electron chi connectivity index (χ3n) is 2.94. The van der Waals surface area contributed by atoms with Crippen LogP contribution in [-0.2, 0) is 4.74 Å². The Balaban J connectivity index is 2.38. The molecule has 1 aromatic rings. The summed E-state index contributed by atoms with van der Waals surface area (Å²) in [6, 6.07) is 5.53. The van der Waals surface area contributed by atoms with E-state index < -0.39 is 11.7 Å². The summed E-state index contributed by atoms with van der Waals surface area (Å²) in [7, 11) is 0. The molecule has 1 N–H and O–H groups in total. The first-order valence-electron chi connectivity index (χ1n) is 7.64. The molecular formula is C17H25BrClNO3. The minimum atomic E-state index is -0.489. The van der Waals surface area contributed by atoms with Gasteiger partial charge in [-0.05, 0) is 58.2 Å². The summed E-state index contributed by atoms with van der Waals surface area (Å²) in [5.74, 6) is 0.925. The second-order valence-corrected chi connectivity index (χ2v) is 8.10. The standard InChI is InChI=1S/C17H25BrClNO3/c1-11(8-12(2)20-16(21)23-17(3,4)5)10-22-15-7-6-13(18)9-14(15)19/h6-7,9,11-12H,8,10H2,1-5H3,(H,20,21). The van der Waals surface area contributed by atoms with Crippen LogP contribution in [0.15, 0.2) is 22.7 Å². The number of ether oxygens (including phenoxy) is 2. The van der Waals surface area contributed by atoms with Gasteiger partial charge >= 0.3 is 6.09 Å². The van der Waals surface area contributed by atoms with E-state index in [0.717, 1.165) is 10.9 Å². The van der Waals surface area contributed by atoms with E-state index in [0.29, 0.717) is 17.4 Å². The first-order chi connectivity index (χ1) is 10.6. The lowest BCUT2D eigenvalue weighted by atomic mass is 10.0. The van der Waals surface area contributed by atoms with Crippen LogP contribution in [0.2, 0.25) is 5.02 Å². The van der Waals surface area contributed by atoms with E-state index in [9.17, 15) is 4.79 Å². The fraction of sp³-hybridized carbons (Fsp3) is 0.588. The van der Waals surface area contributed by atoms with Crippen molar-refractivity contribution in [2.45, 2.75) is 52.7 Å². The Morgan fingerprint density at radius 1 is 1.35 bits per heavy atom. The molecule has 0 heterocycles. The van der Waals surface area contributed by atoms with Crippen LogP contribution in [0.4, 0.5) is 4.79 Å². The van der Waals surface area contributed by atoms with Crippen molar-refractivity contribution in [2.75, 3.05) is 6.61 Å². The number of rotatable bonds is 6. The van der Waals surface area contributed by atoms with Crippen LogP contribution >= 0.6 is 27.5 Å². The Hall–Kier alpha value is -0.940. The average molecular weight is 407 g/mol. The van der Waals surface area contributed by atoms with Gasteiger partial charge in [-0.3, -0.25) is 0 Å². The molecule has 0 saturated heterocycles. The second-order valence-electron chi connectivity index (χ2n) is 6.77. The van der Waals surface area contributed by atoms with Gasteiger partial charge in [0, 0.05) is 10.5 Å². The zero-order chi connectivity index (χ0) is 17.6. The first-order valence-corrected chi connectivity index (χ1v) is 8.81. The molecule has 0 aliphatic carbocycles. The zero-order valence-corrected chi connectivity index (χ0v) is 16.6. The summed E-state index contributed by atoms with van der Waals surface area (Å²) in [5.41, 5.74) is -0.489. The number of carbonyl (C=O) groups is 1. The molecule has 1 rings (SSSR count). The van der Waals surface area contributed by atoms with Gasteiger partial charge in [-0.25, -0.2) is 4.79 Å². The average Bonchev–Trinajstić information content (AvgIpc) is 2.34. The number of nitrogens with one attached hydrogen (secondary N) is 1. The molecule has 0 aliphatic rings. The Kier molecular flexibility index (Phi) is 7.68. The van der Waals surface area contributed by atoms with E-state index in [4.69, 9.17) is 21.1 Å². The van der Waals surface area contributed by atoms with Gasteiger partial charge < -0.3 is 14.8 Å². The van der Waals surface area contributed by atoms with Crippen molar-refractivity contribution in [3.63, 3.8) is 0 Å². The monoisotopic (exact) mass is 405 g/mol. The number of halogens is 2. The Morgan fingerprint density at radius 2 is 2.00 bits per heavy atom. The van der Waals surface area contributed by atoms with Crippen LogP contribution in [0.1, 0.15) is 41.0 Å². The fourth-order valence-electron chi connectivity index (χ4n) is 2.06. The lowest BCUT2D eigenvalue weighted by Crippen LogP contribution is -2.38. The van der Waals surface area contributed by atoms with E-state index in [-0.39, 0.29) is 12.0 Å². The quantitative estimate of drug-likeness (QED) is 0.686. The van der Waals surface area contributed by atoms with Gasteiger partial charge in [0.15, 0.2) is 0 Å². The molecule has 2 unspecified atom stereocenters. The van der Waals surface area contributed by atoms with Crippen molar-refractivity contribution in [2.24, 2.45) is 5.92 Å². The summed E-state index contributed by atoms with van der Waals surface area (Å²) in [5, 5.41) is 3.41. The Bertz CT molecular complexity index is 531. The minimum Gasteiger partial charge on any atom is -0.492 e. The maximum Gasteiger partial charge on any atom is 0.407 e. The molecule has 0 fully saturated rings. The number of hydrogen-bond donors (Lipinski definition) is 1. The van der Waals surface area contributed by atoms with Gasteiger partial charge in [-0.15, -0.1) is 0 Å². The summed E-state index contributed by atoms with van der Waals surface area (Å²) < 4.78 is 11.9. The molecular weight excluding hydrogens is 382 g/mol. The molecule has 0 bridgehead atoms. The van der Waals surface area contributed by atoms with Crippen LogP contribution in [0.3, 0.4) is 0 Å². The number of amides is 1. The van der Waals surface area contributed by atoms with E-state index >= 15 is 0 Å². The van der Waals surface area contributed by atoms with Crippen LogP contribution in [0.25, 0.3) is 0 Å². The maximum atomic E-state index is 11.7. The molecule has 6 heteroatoms. The first kappa shape index (κ1) is 20.1. The lowest BCUT2D eigenvalue weighted by molar-refractivity contribution is 0.0500. The largest absolute Gasteiger partial charge is 0.492 e. The van der Waals surface area contributed by atoms with Crippen LogP contribution in [-0.4, -0.2) is 24.3 Å². The lowest BCUT2D eigenvalue weighted by Gasteiger charge is -2.23. The van der Waals surface area contributed by atoms with Gasteiger partial charge in [0.2, 0.25) is 0 Å². The van der Waals surface area contributed by atoms with Crippen LogP contribution < -0.4 is 10.1 Å². The summed E-state index contributed by atoms with van der Waals surface area (Å²) in [6.07, 6.45) is 0.391. The third kappa shape index (κ3) is 8.47. The van der Waals surface area contributed by atoms with Crippen molar-refractivity contribution in [1.29, 1.82) is 0 Å². The molecule has 0 spiro atoms. The zero-order valence-electron chi connectivity index (χ0n) is 14.3.